The number of benzene rings is 1. The first-order valence-electron chi connectivity index (χ1n) is 6.65. The molecule has 20 heavy (non-hydrogen) atoms. The smallest absolute Gasteiger partial charge is 0.254 e. The molecule has 2 heterocycles. The minimum atomic E-state index is -0.342. The van der Waals surface area contributed by atoms with Crippen molar-refractivity contribution < 1.29 is 13.7 Å². The molecule has 1 aromatic heterocycles. The first kappa shape index (κ1) is 12.8. The molecule has 1 aliphatic rings. The fraction of sp³-hybridized carbons (Fsp3) is 0.333. The lowest BCUT2D eigenvalue weighted by molar-refractivity contribution is 0.0714. The number of carbonyl (C=O) groups excluding carboxylic acids is 1. The predicted octanol–water partition coefficient (Wildman–Crippen LogP) is 3.10. The molecule has 1 aliphatic heterocycles. The van der Waals surface area contributed by atoms with E-state index in [9.17, 15) is 9.18 Å². The van der Waals surface area contributed by atoms with Gasteiger partial charge in [-0.15, -0.1) is 0 Å². The van der Waals surface area contributed by atoms with Crippen molar-refractivity contribution in [3.05, 3.63) is 53.2 Å². The third kappa shape index (κ3) is 2.31. The van der Waals surface area contributed by atoms with Crippen molar-refractivity contribution >= 4 is 5.91 Å². The fourth-order valence-corrected chi connectivity index (χ4v) is 2.60. The number of halogens is 1. The molecule has 1 amide bonds. The first-order valence-corrected chi connectivity index (χ1v) is 6.65. The van der Waals surface area contributed by atoms with Gasteiger partial charge in [0.1, 0.15) is 5.82 Å². The topological polar surface area (TPSA) is 46.3 Å². The summed E-state index contributed by atoms with van der Waals surface area (Å²) in [6.45, 7) is 2.54. The van der Waals surface area contributed by atoms with Crippen LogP contribution in [0.3, 0.4) is 0 Å². The van der Waals surface area contributed by atoms with E-state index in [1.54, 1.807) is 4.90 Å². The zero-order chi connectivity index (χ0) is 14.1. The second-order valence-corrected chi connectivity index (χ2v) is 5.03. The predicted molar refractivity (Wildman–Crippen MR) is 70.7 cm³/mol. The standard InChI is InChI=1S/C15H15FN2O2/c1-10-9-14(20-17-10)13-3-2-8-18(13)15(19)11-4-6-12(16)7-5-11/h4-7,9,13H,2-3,8H2,1H3. The highest BCUT2D eigenvalue weighted by atomic mass is 19.1. The van der Waals surface area contributed by atoms with Crippen LogP contribution >= 0.6 is 0 Å². The van der Waals surface area contributed by atoms with Gasteiger partial charge in [-0.2, -0.15) is 0 Å². The van der Waals surface area contributed by atoms with E-state index in [0.29, 0.717) is 12.1 Å². The van der Waals surface area contributed by atoms with Crippen LogP contribution in [0, 0.1) is 12.7 Å². The van der Waals surface area contributed by atoms with E-state index in [2.05, 4.69) is 5.16 Å². The van der Waals surface area contributed by atoms with Gasteiger partial charge in [0, 0.05) is 18.2 Å². The summed E-state index contributed by atoms with van der Waals surface area (Å²) < 4.78 is 18.2. The highest BCUT2D eigenvalue weighted by molar-refractivity contribution is 5.94. The number of likely N-dealkylation sites (tertiary alicyclic amines) is 1. The highest BCUT2D eigenvalue weighted by Crippen LogP contribution is 2.33. The third-order valence-electron chi connectivity index (χ3n) is 3.58. The van der Waals surface area contributed by atoms with Crippen LogP contribution < -0.4 is 0 Å². The number of hydrogen-bond acceptors (Lipinski definition) is 3. The molecule has 0 radical (unpaired) electrons. The van der Waals surface area contributed by atoms with Crippen molar-refractivity contribution in [2.24, 2.45) is 0 Å². The van der Waals surface area contributed by atoms with Gasteiger partial charge in [0.2, 0.25) is 0 Å². The molecule has 1 atom stereocenters. The van der Waals surface area contributed by atoms with Gasteiger partial charge in [-0.3, -0.25) is 4.79 Å². The number of nitrogens with zero attached hydrogens (tertiary/aromatic N) is 2. The Morgan fingerprint density at radius 3 is 2.80 bits per heavy atom. The lowest BCUT2D eigenvalue weighted by atomic mass is 10.1. The molecule has 0 spiro atoms. The van der Waals surface area contributed by atoms with Crippen molar-refractivity contribution in [2.45, 2.75) is 25.8 Å². The highest BCUT2D eigenvalue weighted by Gasteiger charge is 2.33. The lowest BCUT2D eigenvalue weighted by Gasteiger charge is -2.22. The Kier molecular flexibility index (Phi) is 3.26. The van der Waals surface area contributed by atoms with Crippen LogP contribution in [-0.2, 0) is 0 Å². The number of aryl methyl sites for hydroxylation is 1. The maximum Gasteiger partial charge on any atom is 0.254 e. The van der Waals surface area contributed by atoms with E-state index in [4.69, 9.17) is 4.52 Å². The maximum absolute atomic E-state index is 12.9. The second-order valence-electron chi connectivity index (χ2n) is 5.03. The minimum Gasteiger partial charge on any atom is -0.359 e. The molecular formula is C15H15FN2O2. The van der Waals surface area contributed by atoms with Gasteiger partial charge in [-0.1, -0.05) is 5.16 Å². The average molecular weight is 274 g/mol. The number of amides is 1. The second kappa shape index (κ2) is 5.07. The molecule has 1 saturated heterocycles. The minimum absolute atomic E-state index is 0.0752. The maximum atomic E-state index is 12.9. The summed E-state index contributed by atoms with van der Waals surface area (Å²) in [6, 6.07) is 7.42. The van der Waals surface area contributed by atoms with Crippen LogP contribution in [0.5, 0.6) is 0 Å². The number of carbonyl (C=O) groups is 1. The Balaban J connectivity index is 1.85. The average Bonchev–Trinajstić information content (AvgIpc) is 3.07. The van der Waals surface area contributed by atoms with Crippen LogP contribution in [0.25, 0.3) is 0 Å². The van der Waals surface area contributed by atoms with Gasteiger partial charge in [0.05, 0.1) is 11.7 Å². The molecule has 4 nitrogen and oxygen atoms in total. The van der Waals surface area contributed by atoms with E-state index in [0.717, 1.165) is 24.3 Å². The Hall–Kier alpha value is -2.17. The van der Waals surface area contributed by atoms with Gasteiger partial charge in [-0.05, 0) is 44.0 Å². The molecule has 1 unspecified atom stereocenters. The van der Waals surface area contributed by atoms with Crippen LogP contribution in [0.2, 0.25) is 0 Å². The molecule has 5 heteroatoms. The van der Waals surface area contributed by atoms with Crippen LogP contribution in [-0.4, -0.2) is 22.5 Å². The molecule has 1 fully saturated rings. The van der Waals surface area contributed by atoms with Crippen LogP contribution in [0.4, 0.5) is 4.39 Å². The van der Waals surface area contributed by atoms with Crippen LogP contribution in [0.15, 0.2) is 34.9 Å². The van der Waals surface area contributed by atoms with E-state index in [1.807, 2.05) is 13.0 Å². The molecule has 0 saturated carbocycles. The molecule has 0 aliphatic carbocycles. The van der Waals surface area contributed by atoms with Gasteiger partial charge in [-0.25, -0.2) is 4.39 Å². The van der Waals surface area contributed by atoms with Crippen molar-refractivity contribution in [1.29, 1.82) is 0 Å². The van der Waals surface area contributed by atoms with Gasteiger partial charge >= 0.3 is 0 Å². The summed E-state index contributed by atoms with van der Waals surface area (Å²) in [5.41, 5.74) is 1.30. The normalized spacial score (nSPS) is 18.5. The van der Waals surface area contributed by atoms with Crippen LogP contribution in [0.1, 0.15) is 40.7 Å². The Labute approximate surface area is 116 Å². The molecule has 1 aromatic carbocycles. The lowest BCUT2D eigenvalue weighted by Crippen LogP contribution is -2.30. The summed E-state index contributed by atoms with van der Waals surface area (Å²) in [5.74, 6) is 0.280. The molecule has 2 aromatic rings. The van der Waals surface area contributed by atoms with Gasteiger partial charge < -0.3 is 9.42 Å². The van der Waals surface area contributed by atoms with E-state index in [1.165, 1.54) is 24.3 Å². The monoisotopic (exact) mass is 274 g/mol. The fourth-order valence-electron chi connectivity index (χ4n) is 2.60. The SMILES string of the molecule is Cc1cc(C2CCCN2C(=O)c2ccc(F)cc2)on1. The summed E-state index contributed by atoms with van der Waals surface area (Å²) in [4.78, 5) is 14.3. The third-order valence-corrected chi connectivity index (χ3v) is 3.58. The van der Waals surface area contributed by atoms with Gasteiger partial charge in [0.25, 0.3) is 5.91 Å². The molecule has 0 N–H and O–H groups in total. The molecule has 3 rings (SSSR count). The zero-order valence-corrected chi connectivity index (χ0v) is 11.2. The van der Waals surface area contributed by atoms with Crippen molar-refractivity contribution in [3.8, 4) is 0 Å². The quantitative estimate of drug-likeness (QED) is 0.845. The van der Waals surface area contributed by atoms with Gasteiger partial charge in [0.15, 0.2) is 5.76 Å². The number of hydrogen-bond donors (Lipinski definition) is 0. The Bertz CT molecular complexity index is 621. The number of rotatable bonds is 2. The first-order chi connectivity index (χ1) is 9.65. The molecule has 104 valence electrons. The summed E-state index contributed by atoms with van der Waals surface area (Å²) in [7, 11) is 0. The molecule has 0 bridgehead atoms. The molecular weight excluding hydrogens is 259 g/mol. The van der Waals surface area contributed by atoms with Crippen molar-refractivity contribution in [2.75, 3.05) is 6.54 Å². The Morgan fingerprint density at radius 2 is 2.15 bits per heavy atom. The van der Waals surface area contributed by atoms with E-state index < -0.39 is 0 Å². The zero-order valence-electron chi connectivity index (χ0n) is 11.2. The summed E-state index contributed by atoms with van der Waals surface area (Å²) in [5, 5.41) is 3.88. The van der Waals surface area contributed by atoms with Crippen molar-refractivity contribution in [1.82, 2.24) is 10.1 Å². The Morgan fingerprint density at radius 1 is 1.40 bits per heavy atom. The summed E-state index contributed by atoms with van der Waals surface area (Å²) in [6.07, 6.45) is 1.79. The largest absolute Gasteiger partial charge is 0.359 e. The summed E-state index contributed by atoms with van der Waals surface area (Å²) >= 11 is 0. The number of aromatic nitrogens is 1. The van der Waals surface area contributed by atoms with E-state index in [-0.39, 0.29) is 17.8 Å². The van der Waals surface area contributed by atoms with E-state index >= 15 is 0 Å². The van der Waals surface area contributed by atoms with Crippen molar-refractivity contribution in [3.63, 3.8) is 0 Å².